The number of hydrogen-bond acceptors (Lipinski definition) is 3. The van der Waals surface area contributed by atoms with Crippen LogP contribution in [0.1, 0.15) is 6.42 Å². The molecule has 2 aromatic heterocycles. The van der Waals surface area contributed by atoms with Gasteiger partial charge in [-0.05, 0) is 30.7 Å². The normalized spacial score (nSPS) is 12.5. The van der Waals surface area contributed by atoms with Crippen molar-refractivity contribution in [2.45, 2.75) is 19.5 Å². The first-order valence-electron chi connectivity index (χ1n) is 10.0. The van der Waals surface area contributed by atoms with Crippen LogP contribution in [0.3, 0.4) is 0 Å². The molecule has 0 atom stereocenters. The van der Waals surface area contributed by atoms with Crippen LogP contribution >= 0.6 is 24.0 Å². The van der Waals surface area contributed by atoms with Gasteiger partial charge in [-0.1, -0.05) is 59.9 Å². The van der Waals surface area contributed by atoms with Crippen molar-refractivity contribution in [3.05, 3.63) is 77.6 Å². The lowest BCUT2D eigenvalue weighted by Gasteiger charge is -2.06. The zero-order valence-electron chi connectivity index (χ0n) is 16.2. The van der Waals surface area contributed by atoms with Crippen molar-refractivity contribution in [1.82, 2.24) is 9.13 Å². The van der Waals surface area contributed by atoms with Gasteiger partial charge >= 0.3 is 0 Å². The Morgan fingerprint density at radius 3 is 2.03 bits per heavy atom. The Hall–Kier alpha value is -2.50. The zero-order valence-corrected chi connectivity index (χ0v) is 17.9. The monoisotopic (exact) mass is 417 g/mol. The number of nitrogens with zero attached hydrogens (tertiary/aromatic N) is 3. The highest BCUT2D eigenvalue weighted by molar-refractivity contribution is 7.80. The minimum atomic E-state index is 0.815. The van der Waals surface area contributed by atoms with Crippen molar-refractivity contribution < 1.29 is 0 Å². The fraction of sp³-hybridized carbons (Fsp3) is 0.208. The molecule has 3 nitrogen and oxygen atoms in total. The van der Waals surface area contributed by atoms with Gasteiger partial charge in [0, 0.05) is 47.2 Å². The summed E-state index contributed by atoms with van der Waals surface area (Å²) in [5.74, 6) is 0.815. The van der Waals surface area contributed by atoms with Crippen LogP contribution in [-0.4, -0.2) is 21.4 Å². The molecule has 0 fully saturated rings. The Kier molecular flexibility index (Phi) is 5.17. The summed E-state index contributed by atoms with van der Waals surface area (Å²) in [4.78, 5) is 6.06. The van der Waals surface area contributed by atoms with Gasteiger partial charge in [-0.15, -0.1) is 0 Å². The summed E-state index contributed by atoms with van der Waals surface area (Å²) >= 11 is 6.21. The van der Waals surface area contributed by atoms with Crippen molar-refractivity contribution >= 4 is 56.0 Å². The van der Waals surface area contributed by atoms with E-state index in [9.17, 15) is 0 Å². The van der Waals surface area contributed by atoms with E-state index in [1.54, 1.807) is 11.3 Å². The van der Waals surface area contributed by atoms with E-state index >= 15 is 0 Å². The molecule has 0 aliphatic rings. The minimum Gasteiger partial charge on any atom is -0.340 e. The van der Waals surface area contributed by atoms with Gasteiger partial charge in [0.1, 0.15) is 0 Å². The lowest BCUT2D eigenvalue weighted by Crippen LogP contribution is -2.16. The van der Waals surface area contributed by atoms with E-state index in [1.165, 1.54) is 32.0 Å². The number of aromatic nitrogens is 2. The number of benzene rings is 3. The van der Waals surface area contributed by atoms with Crippen molar-refractivity contribution in [3.63, 3.8) is 0 Å². The Labute approximate surface area is 179 Å². The second-order valence-electron chi connectivity index (χ2n) is 7.15. The molecule has 2 heterocycles. The summed E-state index contributed by atoms with van der Waals surface area (Å²) in [6.07, 6.45) is 1.01. The first-order chi connectivity index (χ1) is 14.4. The molecule has 3 aromatic carbocycles. The Morgan fingerprint density at radius 1 is 0.724 bits per heavy atom. The maximum absolute atomic E-state index is 4.96. The molecular formula is C24H23N3S2. The van der Waals surface area contributed by atoms with Gasteiger partial charge < -0.3 is 9.13 Å². The van der Waals surface area contributed by atoms with Gasteiger partial charge in [0.25, 0.3) is 0 Å². The highest BCUT2D eigenvalue weighted by Crippen LogP contribution is 2.28. The van der Waals surface area contributed by atoms with Crippen LogP contribution in [0, 0.1) is 0 Å². The predicted molar refractivity (Wildman–Crippen MR) is 128 cm³/mol. The largest absolute Gasteiger partial charge is 0.340 e. The molecule has 5 rings (SSSR count). The highest BCUT2D eigenvalue weighted by atomic mass is 32.1. The summed E-state index contributed by atoms with van der Waals surface area (Å²) < 4.78 is 6.02. The average Bonchev–Trinajstić information content (AvgIpc) is 3.28. The molecule has 0 aliphatic carbocycles. The smallest absolute Gasteiger partial charge is 0.185 e. The van der Waals surface area contributed by atoms with Crippen molar-refractivity contribution in [2.24, 2.45) is 4.99 Å². The van der Waals surface area contributed by atoms with Crippen LogP contribution < -0.4 is 4.80 Å². The molecule has 29 heavy (non-hydrogen) atoms. The van der Waals surface area contributed by atoms with Crippen LogP contribution in [0.4, 0.5) is 0 Å². The van der Waals surface area contributed by atoms with Crippen molar-refractivity contribution in [1.29, 1.82) is 0 Å². The second kappa shape index (κ2) is 8.09. The van der Waals surface area contributed by atoms with E-state index < -0.39 is 0 Å². The first-order valence-corrected chi connectivity index (χ1v) is 11.5. The van der Waals surface area contributed by atoms with Crippen LogP contribution in [-0.2, 0) is 13.1 Å². The third-order valence-electron chi connectivity index (χ3n) is 5.38. The second-order valence-corrected chi connectivity index (χ2v) is 8.61. The lowest BCUT2D eigenvalue weighted by molar-refractivity contribution is 0.671. The predicted octanol–water partition coefficient (Wildman–Crippen LogP) is 5.73. The van der Waals surface area contributed by atoms with Gasteiger partial charge in [0.2, 0.25) is 0 Å². The highest BCUT2D eigenvalue weighted by Gasteiger charge is 2.09. The van der Waals surface area contributed by atoms with E-state index in [2.05, 4.69) is 94.6 Å². The van der Waals surface area contributed by atoms with Gasteiger partial charge in [-0.3, -0.25) is 4.99 Å². The van der Waals surface area contributed by atoms with Crippen molar-refractivity contribution in [2.75, 3.05) is 12.3 Å². The fourth-order valence-electron chi connectivity index (χ4n) is 4.10. The Bertz CT molecular complexity index is 1300. The number of thiazole rings is 1. The van der Waals surface area contributed by atoms with Gasteiger partial charge in [0.05, 0.1) is 10.2 Å². The van der Waals surface area contributed by atoms with Crippen molar-refractivity contribution in [3.8, 4) is 0 Å². The number of aryl methyl sites for hydroxylation is 2. The SMILES string of the molecule is SCCn1/c(=N/CCCn2c3ccccc3c3ccccc32)sc2ccccc21. The van der Waals surface area contributed by atoms with E-state index in [1.807, 2.05) is 0 Å². The molecule has 0 aliphatic heterocycles. The summed E-state index contributed by atoms with van der Waals surface area (Å²) in [6, 6.07) is 25.9. The molecular weight excluding hydrogens is 394 g/mol. The number of para-hydroxylation sites is 3. The molecule has 0 amide bonds. The van der Waals surface area contributed by atoms with E-state index in [0.717, 1.165) is 36.6 Å². The average molecular weight is 418 g/mol. The molecule has 5 aromatic rings. The standard InChI is InChI=1S/C24H23N3S2/c28-17-16-27-22-12-5-6-13-23(22)29-24(27)25-14-7-15-26-20-10-3-1-8-18(20)19-9-2-4-11-21(19)26/h1-6,8-13,28H,7,14-17H2/b25-24-. The molecule has 0 bridgehead atoms. The summed E-state index contributed by atoms with van der Waals surface area (Å²) in [7, 11) is 0. The number of hydrogen-bond donors (Lipinski definition) is 1. The maximum atomic E-state index is 4.96. The molecule has 0 N–H and O–H groups in total. The third-order valence-corrected chi connectivity index (χ3v) is 6.68. The van der Waals surface area contributed by atoms with Gasteiger partial charge in [0.15, 0.2) is 4.80 Å². The van der Waals surface area contributed by atoms with E-state index in [-0.39, 0.29) is 0 Å². The van der Waals surface area contributed by atoms with Crippen LogP contribution in [0.25, 0.3) is 32.0 Å². The summed E-state index contributed by atoms with van der Waals surface area (Å²) in [5, 5.41) is 2.66. The molecule has 0 radical (unpaired) electrons. The quantitative estimate of drug-likeness (QED) is 0.269. The topological polar surface area (TPSA) is 22.2 Å². The number of fused-ring (bicyclic) bond motifs is 4. The van der Waals surface area contributed by atoms with Crippen LogP contribution in [0.15, 0.2) is 77.8 Å². The number of rotatable bonds is 6. The lowest BCUT2D eigenvalue weighted by atomic mass is 10.2. The van der Waals surface area contributed by atoms with Gasteiger partial charge in [-0.25, -0.2) is 0 Å². The maximum Gasteiger partial charge on any atom is 0.185 e. The van der Waals surface area contributed by atoms with E-state index in [0.29, 0.717) is 0 Å². The third kappa shape index (κ3) is 3.38. The molecule has 0 saturated carbocycles. The van der Waals surface area contributed by atoms with Crippen LogP contribution in [0.5, 0.6) is 0 Å². The number of thiol groups is 1. The Morgan fingerprint density at radius 2 is 1.34 bits per heavy atom. The first kappa shape index (κ1) is 18.5. The van der Waals surface area contributed by atoms with Gasteiger partial charge in [-0.2, -0.15) is 12.6 Å². The molecule has 5 heteroatoms. The summed E-state index contributed by atoms with van der Waals surface area (Å²) in [6.45, 7) is 2.67. The molecule has 0 spiro atoms. The zero-order chi connectivity index (χ0) is 19.6. The molecule has 0 unspecified atom stereocenters. The minimum absolute atomic E-state index is 0.815. The molecule has 146 valence electrons. The van der Waals surface area contributed by atoms with E-state index in [4.69, 9.17) is 4.99 Å². The van der Waals surface area contributed by atoms with Crippen LogP contribution in [0.2, 0.25) is 0 Å². The molecule has 0 saturated heterocycles. The fourth-order valence-corrected chi connectivity index (χ4v) is 5.39. The summed E-state index contributed by atoms with van der Waals surface area (Å²) in [5.41, 5.74) is 3.87. The Balaban J connectivity index is 1.44.